The molecule has 0 saturated heterocycles. The second-order valence-electron chi connectivity index (χ2n) is 6.76. The monoisotopic (exact) mass is 404 g/mol. The van der Waals surface area contributed by atoms with Crippen LogP contribution in [-0.2, 0) is 19.5 Å². The highest BCUT2D eigenvalue weighted by Gasteiger charge is 2.12. The molecule has 30 heavy (non-hydrogen) atoms. The standard InChI is InChI=1S/C21H20N6O3/c1-2-27-20(29)16-4-3-15(13-17(16)23-21(27)30)19(28)24-18-8-12-26(25-18)11-7-14-5-9-22-10-6-14/h3-6,8-10,12-13H,2,7,11H2,1H3,(H,23,30)(H,24,25,28). The van der Waals surface area contributed by atoms with Crippen molar-refractivity contribution >= 4 is 22.6 Å². The number of nitrogens with zero attached hydrogens (tertiary/aromatic N) is 4. The fourth-order valence-electron chi connectivity index (χ4n) is 3.22. The molecule has 1 aromatic carbocycles. The van der Waals surface area contributed by atoms with Gasteiger partial charge in [-0.2, -0.15) is 5.10 Å². The number of pyridine rings is 1. The van der Waals surface area contributed by atoms with Gasteiger partial charge in [0.2, 0.25) is 0 Å². The molecule has 4 rings (SSSR count). The van der Waals surface area contributed by atoms with Crippen molar-refractivity contribution in [1.82, 2.24) is 24.3 Å². The summed E-state index contributed by atoms with van der Waals surface area (Å²) in [5.74, 6) is 0.0431. The van der Waals surface area contributed by atoms with Gasteiger partial charge in [0.25, 0.3) is 11.5 Å². The van der Waals surface area contributed by atoms with Gasteiger partial charge in [-0.05, 0) is 49.2 Å². The molecule has 2 N–H and O–H groups in total. The summed E-state index contributed by atoms with van der Waals surface area (Å²) in [5.41, 5.74) is 0.915. The Balaban J connectivity index is 1.49. The van der Waals surface area contributed by atoms with Crippen LogP contribution in [0.4, 0.5) is 5.82 Å². The average molecular weight is 404 g/mol. The van der Waals surface area contributed by atoms with E-state index in [2.05, 4.69) is 20.4 Å². The number of aryl methyl sites for hydroxylation is 2. The number of hydrogen-bond donors (Lipinski definition) is 2. The Bertz CT molecular complexity index is 1320. The summed E-state index contributed by atoms with van der Waals surface area (Å²) in [4.78, 5) is 43.6. The Morgan fingerprint density at radius 2 is 1.93 bits per heavy atom. The molecule has 0 aliphatic rings. The SMILES string of the molecule is CCn1c(=O)[nH]c2cc(C(=O)Nc3ccn(CCc4ccncc4)n3)ccc2c1=O. The lowest BCUT2D eigenvalue weighted by atomic mass is 10.1. The number of benzene rings is 1. The van der Waals surface area contributed by atoms with Gasteiger partial charge in [0, 0.05) is 43.3 Å². The normalized spacial score (nSPS) is 11.0. The zero-order chi connectivity index (χ0) is 21.1. The molecule has 0 atom stereocenters. The van der Waals surface area contributed by atoms with Gasteiger partial charge >= 0.3 is 5.69 Å². The van der Waals surface area contributed by atoms with E-state index in [0.29, 0.717) is 28.8 Å². The number of fused-ring (bicyclic) bond motifs is 1. The third-order valence-corrected chi connectivity index (χ3v) is 4.82. The maximum atomic E-state index is 12.6. The molecule has 0 bridgehead atoms. The topological polar surface area (TPSA) is 115 Å². The number of carbonyl (C=O) groups excluding carboxylic acids is 1. The first kappa shape index (κ1) is 19.3. The van der Waals surface area contributed by atoms with Crippen LogP contribution in [0.5, 0.6) is 0 Å². The van der Waals surface area contributed by atoms with Crippen LogP contribution >= 0.6 is 0 Å². The number of carbonyl (C=O) groups is 1. The van der Waals surface area contributed by atoms with E-state index in [1.165, 1.54) is 6.07 Å². The number of anilines is 1. The lowest BCUT2D eigenvalue weighted by Crippen LogP contribution is -2.34. The van der Waals surface area contributed by atoms with Crippen LogP contribution in [0.25, 0.3) is 10.9 Å². The van der Waals surface area contributed by atoms with Gasteiger partial charge < -0.3 is 10.3 Å². The van der Waals surface area contributed by atoms with Crippen molar-refractivity contribution in [2.24, 2.45) is 0 Å². The quantitative estimate of drug-likeness (QED) is 0.509. The molecule has 9 heteroatoms. The molecule has 0 unspecified atom stereocenters. The maximum absolute atomic E-state index is 12.6. The molecular weight excluding hydrogens is 384 g/mol. The smallest absolute Gasteiger partial charge is 0.307 e. The van der Waals surface area contributed by atoms with Crippen molar-refractivity contribution < 1.29 is 4.79 Å². The molecule has 1 amide bonds. The Kier molecular flexibility index (Phi) is 5.25. The predicted molar refractivity (Wildman–Crippen MR) is 113 cm³/mol. The molecule has 3 aromatic heterocycles. The molecule has 0 fully saturated rings. The summed E-state index contributed by atoms with van der Waals surface area (Å²) in [5, 5.41) is 7.45. The zero-order valence-electron chi connectivity index (χ0n) is 16.3. The van der Waals surface area contributed by atoms with E-state index in [9.17, 15) is 14.4 Å². The van der Waals surface area contributed by atoms with Crippen LogP contribution in [0.2, 0.25) is 0 Å². The minimum absolute atomic E-state index is 0.274. The first-order valence-corrected chi connectivity index (χ1v) is 9.55. The molecule has 9 nitrogen and oxygen atoms in total. The van der Waals surface area contributed by atoms with Crippen molar-refractivity contribution in [1.29, 1.82) is 0 Å². The van der Waals surface area contributed by atoms with Crippen molar-refractivity contribution in [2.45, 2.75) is 26.4 Å². The van der Waals surface area contributed by atoms with Crippen LogP contribution in [0.1, 0.15) is 22.8 Å². The highest BCUT2D eigenvalue weighted by molar-refractivity contribution is 6.05. The number of aromatic nitrogens is 5. The average Bonchev–Trinajstić information content (AvgIpc) is 3.20. The largest absolute Gasteiger partial charge is 0.328 e. The molecule has 3 heterocycles. The van der Waals surface area contributed by atoms with Crippen LogP contribution in [-0.4, -0.2) is 30.2 Å². The second kappa shape index (κ2) is 8.16. The highest BCUT2D eigenvalue weighted by Crippen LogP contribution is 2.12. The van der Waals surface area contributed by atoms with Gasteiger partial charge in [-0.25, -0.2) is 4.79 Å². The summed E-state index contributed by atoms with van der Waals surface area (Å²) in [7, 11) is 0. The van der Waals surface area contributed by atoms with E-state index in [0.717, 1.165) is 16.6 Å². The van der Waals surface area contributed by atoms with E-state index < -0.39 is 5.69 Å². The number of aromatic amines is 1. The van der Waals surface area contributed by atoms with Gasteiger partial charge in [-0.1, -0.05) is 0 Å². The Morgan fingerprint density at radius 3 is 2.70 bits per heavy atom. The summed E-state index contributed by atoms with van der Waals surface area (Å²) in [6.45, 7) is 2.66. The number of hydrogen-bond acceptors (Lipinski definition) is 5. The molecular formula is C21H20N6O3. The maximum Gasteiger partial charge on any atom is 0.328 e. The number of amides is 1. The van der Waals surface area contributed by atoms with E-state index in [1.807, 2.05) is 12.1 Å². The van der Waals surface area contributed by atoms with Crippen LogP contribution in [0.15, 0.2) is 64.6 Å². The van der Waals surface area contributed by atoms with E-state index in [-0.39, 0.29) is 18.0 Å². The molecule has 0 spiro atoms. The first-order valence-electron chi connectivity index (χ1n) is 9.55. The highest BCUT2D eigenvalue weighted by atomic mass is 16.2. The Morgan fingerprint density at radius 1 is 1.13 bits per heavy atom. The van der Waals surface area contributed by atoms with Crippen molar-refractivity contribution in [3.63, 3.8) is 0 Å². The summed E-state index contributed by atoms with van der Waals surface area (Å²) < 4.78 is 2.86. The van der Waals surface area contributed by atoms with Gasteiger partial charge in [0.05, 0.1) is 10.9 Å². The number of rotatable bonds is 6. The predicted octanol–water partition coefficient (Wildman–Crippen LogP) is 1.80. The summed E-state index contributed by atoms with van der Waals surface area (Å²) in [6, 6.07) is 10.2. The van der Waals surface area contributed by atoms with E-state index in [1.54, 1.807) is 48.4 Å². The fourth-order valence-corrected chi connectivity index (χ4v) is 3.22. The Hall–Kier alpha value is -4.01. The lowest BCUT2D eigenvalue weighted by Gasteiger charge is -2.06. The third-order valence-electron chi connectivity index (χ3n) is 4.82. The van der Waals surface area contributed by atoms with Crippen LogP contribution < -0.4 is 16.6 Å². The first-order chi connectivity index (χ1) is 14.5. The molecule has 4 aromatic rings. The van der Waals surface area contributed by atoms with Crippen LogP contribution in [0, 0.1) is 0 Å². The minimum Gasteiger partial charge on any atom is -0.307 e. The molecule has 0 radical (unpaired) electrons. The van der Waals surface area contributed by atoms with E-state index in [4.69, 9.17) is 0 Å². The summed E-state index contributed by atoms with van der Waals surface area (Å²) in [6.07, 6.45) is 6.09. The lowest BCUT2D eigenvalue weighted by molar-refractivity contribution is 0.102. The van der Waals surface area contributed by atoms with Crippen molar-refractivity contribution in [2.75, 3.05) is 5.32 Å². The zero-order valence-corrected chi connectivity index (χ0v) is 16.3. The van der Waals surface area contributed by atoms with Gasteiger partial charge in [-0.15, -0.1) is 0 Å². The third kappa shape index (κ3) is 3.90. The second-order valence-corrected chi connectivity index (χ2v) is 6.76. The number of H-pyrrole nitrogens is 1. The molecule has 152 valence electrons. The molecule has 0 aliphatic heterocycles. The number of nitrogens with one attached hydrogen (secondary N) is 2. The minimum atomic E-state index is -0.500. The van der Waals surface area contributed by atoms with Crippen molar-refractivity contribution in [3.05, 3.63) is 87.0 Å². The van der Waals surface area contributed by atoms with Gasteiger partial charge in [0.1, 0.15) is 0 Å². The molecule has 0 saturated carbocycles. The van der Waals surface area contributed by atoms with Crippen molar-refractivity contribution in [3.8, 4) is 0 Å². The van der Waals surface area contributed by atoms with Crippen LogP contribution in [0.3, 0.4) is 0 Å². The summed E-state index contributed by atoms with van der Waals surface area (Å²) >= 11 is 0. The fraction of sp³-hybridized carbons (Fsp3) is 0.190. The Labute approximate surface area is 171 Å². The molecule has 0 aliphatic carbocycles. The van der Waals surface area contributed by atoms with E-state index >= 15 is 0 Å². The van der Waals surface area contributed by atoms with Gasteiger partial charge in [-0.3, -0.25) is 23.8 Å². The van der Waals surface area contributed by atoms with Gasteiger partial charge in [0.15, 0.2) is 5.82 Å².